The minimum atomic E-state index is -1.03. The molecule has 0 radical (unpaired) electrons. The number of carbonyl (C=O) groups is 1. The summed E-state index contributed by atoms with van der Waals surface area (Å²) in [6.45, 7) is -0.676. The molecular weight excluding hydrogens is 156 g/mol. The number of hydrogen-bond donors (Lipinski definition) is 4. The predicted octanol–water partition coefficient (Wildman–Crippen LogP) is -2.13. The van der Waals surface area contributed by atoms with E-state index in [4.69, 9.17) is 10.2 Å². The van der Waals surface area contributed by atoms with E-state index in [2.05, 4.69) is 15.6 Å². The van der Waals surface area contributed by atoms with Crippen LogP contribution in [-0.2, 0) is 9.68 Å². The molecule has 0 aromatic rings. The second-order valence-corrected chi connectivity index (χ2v) is 1.65. The first kappa shape index (κ1) is 10.1. The van der Waals surface area contributed by atoms with Gasteiger partial charge in [0.25, 0.3) is 0 Å². The van der Waals surface area contributed by atoms with E-state index < -0.39 is 18.8 Å². The van der Waals surface area contributed by atoms with Gasteiger partial charge in [0, 0.05) is 0 Å². The molecule has 7 nitrogen and oxygen atoms in total. The van der Waals surface area contributed by atoms with Crippen molar-refractivity contribution in [1.82, 2.24) is 5.48 Å². The third-order valence-corrected chi connectivity index (χ3v) is 0.749. The highest BCUT2D eigenvalue weighted by molar-refractivity contribution is 5.65. The summed E-state index contributed by atoms with van der Waals surface area (Å²) < 4.78 is 0. The fraction of sp³-hybridized carbons (Fsp3) is 0.750. The van der Waals surface area contributed by atoms with E-state index >= 15 is 0 Å². The number of amides is 1. The molecule has 1 unspecified atom stereocenters. The van der Waals surface area contributed by atoms with Crippen molar-refractivity contribution in [1.29, 1.82) is 0 Å². The van der Waals surface area contributed by atoms with E-state index in [0.717, 1.165) is 0 Å². The maximum atomic E-state index is 10.2. The molecule has 1 atom stereocenters. The van der Waals surface area contributed by atoms with Crippen molar-refractivity contribution < 1.29 is 24.7 Å². The topological polar surface area (TPSA) is 114 Å². The van der Waals surface area contributed by atoms with Gasteiger partial charge in [-0.3, -0.25) is 4.84 Å². The lowest BCUT2D eigenvalue weighted by molar-refractivity contribution is -0.0349. The SMILES string of the molecule is NOC(=O)NOCC(O)CO. The van der Waals surface area contributed by atoms with Gasteiger partial charge in [0.1, 0.15) is 12.7 Å². The largest absolute Gasteiger partial charge is 0.450 e. The molecule has 0 aliphatic rings. The highest BCUT2D eigenvalue weighted by atomic mass is 16.7. The highest BCUT2D eigenvalue weighted by Crippen LogP contribution is 1.80. The van der Waals surface area contributed by atoms with Crippen molar-refractivity contribution in [3.8, 4) is 0 Å². The number of hydrogen-bond acceptors (Lipinski definition) is 6. The van der Waals surface area contributed by atoms with Gasteiger partial charge in [-0.1, -0.05) is 0 Å². The Balaban J connectivity index is 3.20. The number of hydroxylamine groups is 1. The van der Waals surface area contributed by atoms with Gasteiger partial charge < -0.3 is 15.1 Å². The van der Waals surface area contributed by atoms with Crippen molar-refractivity contribution in [2.24, 2.45) is 5.90 Å². The molecule has 0 fully saturated rings. The van der Waals surface area contributed by atoms with E-state index in [1.807, 2.05) is 0 Å². The van der Waals surface area contributed by atoms with Crippen molar-refractivity contribution in [3.05, 3.63) is 0 Å². The molecule has 5 N–H and O–H groups in total. The van der Waals surface area contributed by atoms with Crippen molar-refractivity contribution in [2.75, 3.05) is 13.2 Å². The summed E-state index contributed by atoms with van der Waals surface area (Å²) in [5, 5.41) is 16.9. The lowest BCUT2D eigenvalue weighted by Gasteiger charge is -2.06. The Morgan fingerprint density at radius 3 is 2.82 bits per heavy atom. The van der Waals surface area contributed by atoms with Crippen LogP contribution in [0.1, 0.15) is 0 Å². The summed E-state index contributed by atoms with van der Waals surface area (Å²) in [6, 6.07) is 0. The van der Waals surface area contributed by atoms with Gasteiger partial charge in [0.05, 0.1) is 6.61 Å². The Hall–Kier alpha value is -0.890. The molecule has 0 heterocycles. The van der Waals surface area contributed by atoms with Crippen LogP contribution in [0.15, 0.2) is 0 Å². The van der Waals surface area contributed by atoms with Crippen molar-refractivity contribution in [2.45, 2.75) is 6.10 Å². The quantitative estimate of drug-likeness (QED) is 0.355. The zero-order chi connectivity index (χ0) is 8.69. The first-order valence-electron chi connectivity index (χ1n) is 2.78. The standard InChI is InChI=1S/C4H10N2O5/c5-11-4(9)6-10-2-3(8)1-7/h3,7-8H,1-2,5H2,(H,6,9). The lowest BCUT2D eigenvalue weighted by atomic mass is 10.4. The second-order valence-electron chi connectivity index (χ2n) is 1.65. The smallest absolute Gasteiger partial charge is 0.394 e. The van der Waals surface area contributed by atoms with Crippen LogP contribution in [0.4, 0.5) is 4.79 Å². The van der Waals surface area contributed by atoms with Crippen LogP contribution in [0.3, 0.4) is 0 Å². The van der Waals surface area contributed by atoms with E-state index in [9.17, 15) is 4.79 Å². The lowest BCUT2D eigenvalue weighted by Crippen LogP contribution is -2.31. The number of nitrogens with one attached hydrogen (secondary N) is 1. The average molecular weight is 166 g/mol. The Labute approximate surface area is 62.6 Å². The maximum Gasteiger partial charge on any atom is 0.450 e. The first-order valence-corrected chi connectivity index (χ1v) is 2.78. The van der Waals surface area contributed by atoms with Crippen LogP contribution in [0.5, 0.6) is 0 Å². The number of nitrogens with two attached hydrogens (primary N) is 1. The summed E-state index contributed by atoms with van der Waals surface area (Å²) in [5.74, 6) is 4.42. The Morgan fingerprint density at radius 1 is 1.73 bits per heavy atom. The molecule has 66 valence electrons. The molecule has 0 rings (SSSR count). The molecule has 0 aromatic heterocycles. The molecule has 1 amide bonds. The van der Waals surface area contributed by atoms with Crippen LogP contribution < -0.4 is 11.4 Å². The number of aliphatic hydroxyl groups excluding tert-OH is 2. The van der Waals surface area contributed by atoms with Crippen molar-refractivity contribution >= 4 is 6.09 Å². The van der Waals surface area contributed by atoms with E-state index in [-0.39, 0.29) is 6.61 Å². The third kappa shape index (κ3) is 5.55. The number of rotatable bonds is 4. The third-order valence-electron chi connectivity index (χ3n) is 0.749. The minimum Gasteiger partial charge on any atom is -0.394 e. The summed E-state index contributed by atoms with van der Waals surface area (Å²) in [5.41, 5.74) is 1.74. The van der Waals surface area contributed by atoms with E-state index in [1.165, 1.54) is 0 Å². The molecule has 0 spiro atoms. The molecule has 11 heavy (non-hydrogen) atoms. The summed E-state index contributed by atoms with van der Waals surface area (Å²) in [4.78, 5) is 18.1. The molecule has 7 heteroatoms. The van der Waals surface area contributed by atoms with Crippen LogP contribution in [0, 0.1) is 0 Å². The molecule has 0 saturated carbocycles. The van der Waals surface area contributed by atoms with Crippen LogP contribution >= 0.6 is 0 Å². The molecular formula is C4H10N2O5. The van der Waals surface area contributed by atoms with E-state index in [1.54, 1.807) is 5.48 Å². The van der Waals surface area contributed by atoms with Gasteiger partial charge in [-0.15, -0.1) is 0 Å². The predicted molar refractivity (Wildman–Crippen MR) is 32.8 cm³/mol. The monoisotopic (exact) mass is 166 g/mol. The zero-order valence-electron chi connectivity index (χ0n) is 5.69. The van der Waals surface area contributed by atoms with Gasteiger partial charge >= 0.3 is 6.09 Å². The van der Waals surface area contributed by atoms with Gasteiger partial charge in [0.2, 0.25) is 0 Å². The van der Waals surface area contributed by atoms with Gasteiger partial charge in [-0.2, -0.15) is 11.4 Å². The fourth-order valence-corrected chi connectivity index (χ4v) is 0.274. The fourth-order valence-electron chi connectivity index (χ4n) is 0.274. The first-order chi connectivity index (χ1) is 5.20. The Kier molecular flexibility index (Phi) is 5.39. The molecule has 0 saturated heterocycles. The highest BCUT2D eigenvalue weighted by Gasteiger charge is 2.03. The average Bonchev–Trinajstić information content (AvgIpc) is 2.04. The normalized spacial score (nSPS) is 12.3. The molecule has 0 aromatic carbocycles. The minimum absolute atomic E-state index is 0.231. The number of aliphatic hydroxyl groups is 2. The summed E-state index contributed by atoms with van der Waals surface area (Å²) in [6.07, 6.45) is -2.01. The Morgan fingerprint density at radius 2 is 2.36 bits per heavy atom. The number of carbonyl (C=O) groups excluding carboxylic acids is 1. The van der Waals surface area contributed by atoms with E-state index in [0.29, 0.717) is 0 Å². The van der Waals surface area contributed by atoms with Gasteiger partial charge in [0.15, 0.2) is 0 Å². The Bertz CT molecular complexity index is 119. The van der Waals surface area contributed by atoms with Gasteiger partial charge in [-0.05, 0) is 0 Å². The summed E-state index contributed by atoms with van der Waals surface area (Å²) in [7, 11) is 0. The summed E-state index contributed by atoms with van der Waals surface area (Å²) >= 11 is 0. The maximum absolute atomic E-state index is 10.2. The van der Waals surface area contributed by atoms with Crippen molar-refractivity contribution in [3.63, 3.8) is 0 Å². The van der Waals surface area contributed by atoms with Crippen LogP contribution in [0.2, 0.25) is 0 Å². The van der Waals surface area contributed by atoms with Crippen LogP contribution in [-0.4, -0.2) is 35.6 Å². The molecule has 0 aliphatic heterocycles. The van der Waals surface area contributed by atoms with Crippen LogP contribution in [0.25, 0.3) is 0 Å². The molecule has 0 bridgehead atoms. The second kappa shape index (κ2) is 5.86. The zero-order valence-corrected chi connectivity index (χ0v) is 5.69. The van der Waals surface area contributed by atoms with Gasteiger partial charge in [-0.25, -0.2) is 4.79 Å². The molecule has 0 aliphatic carbocycles.